The molecule has 4 N–H and O–H groups in total. The summed E-state index contributed by atoms with van der Waals surface area (Å²) >= 11 is 0. The summed E-state index contributed by atoms with van der Waals surface area (Å²) in [6.45, 7) is 6.48. The summed E-state index contributed by atoms with van der Waals surface area (Å²) in [6, 6.07) is 0. The molecule has 0 aromatic carbocycles. The lowest BCUT2D eigenvalue weighted by Crippen LogP contribution is -2.62. The van der Waals surface area contributed by atoms with Crippen molar-refractivity contribution in [1.82, 2.24) is 5.32 Å². The molecule has 0 heterocycles. The van der Waals surface area contributed by atoms with Gasteiger partial charge in [-0.05, 0) is 97.7 Å². The number of rotatable bonds is 7. The fraction of sp³-hybridized carbons (Fsp3) is 0.962. The van der Waals surface area contributed by atoms with Crippen molar-refractivity contribution in [1.29, 1.82) is 0 Å². The maximum atomic E-state index is 12.2. The maximum Gasteiger partial charge on any atom is 0.220 e. The van der Waals surface area contributed by atoms with E-state index in [-0.39, 0.29) is 65.4 Å². The Bertz CT molecular complexity index is 896. The molecule has 4 saturated carbocycles. The van der Waals surface area contributed by atoms with Crippen LogP contribution in [0.5, 0.6) is 0 Å². The van der Waals surface area contributed by atoms with Gasteiger partial charge in [-0.25, -0.2) is 8.42 Å². The van der Waals surface area contributed by atoms with Gasteiger partial charge in [0.2, 0.25) is 5.91 Å². The van der Waals surface area contributed by atoms with E-state index >= 15 is 0 Å². The Morgan fingerprint density at radius 1 is 1.09 bits per heavy atom. The predicted molar refractivity (Wildman–Crippen MR) is 130 cm³/mol. The Labute approximate surface area is 210 Å². The summed E-state index contributed by atoms with van der Waals surface area (Å²) in [5.41, 5.74) is -0.267. The Kier molecular flexibility index (Phi) is 7.69. The molecule has 0 aromatic heterocycles. The number of hydrogen-bond acceptors (Lipinski definition) is 7. The van der Waals surface area contributed by atoms with Crippen LogP contribution in [0.3, 0.4) is 0 Å². The van der Waals surface area contributed by atoms with Gasteiger partial charge in [0.05, 0.1) is 34.2 Å². The van der Waals surface area contributed by atoms with E-state index in [0.717, 1.165) is 38.5 Å². The normalized spacial score (nSPS) is 46.3. The molecule has 4 aliphatic rings. The minimum atomic E-state index is -4.35. The smallest absolute Gasteiger partial charge is 0.220 e. The molecule has 4 rings (SSSR count). The first-order valence-corrected chi connectivity index (χ1v) is 15.1. The molecule has 5 unspecified atom stereocenters. The van der Waals surface area contributed by atoms with E-state index < -0.39 is 28.1 Å². The van der Waals surface area contributed by atoms with Gasteiger partial charge in [-0.3, -0.25) is 4.79 Å². The quantitative estimate of drug-likeness (QED) is 0.380. The molecule has 9 heteroatoms. The highest BCUT2D eigenvalue weighted by Gasteiger charge is 2.65. The van der Waals surface area contributed by atoms with Crippen LogP contribution in [0, 0.1) is 46.3 Å². The molecule has 0 bridgehead atoms. The molecule has 0 spiro atoms. The standard InChI is InChI=1S/C26H45NO7S/c1-15(4-7-23(31)27-10-11-35(32,33)34)18-5-6-19-24-20(14-22(30)26(18,19)3)25(2)9-8-17(28)12-16(25)13-21(24)29/h15-22,24,28-30H,4-14H2,1-3H3,(H,27,31)(H,32,33,34)/p-1/t15?,16?,17-,18-,19?,20?,21+,22+,24?,25+,26-/m1/s1. The van der Waals surface area contributed by atoms with E-state index in [2.05, 4.69) is 26.1 Å². The van der Waals surface area contributed by atoms with Crippen LogP contribution in [0.25, 0.3) is 0 Å². The van der Waals surface area contributed by atoms with Crippen molar-refractivity contribution in [2.75, 3.05) is 12.3 Å². The Balaban J connectivity index is 1.43. The zero-order chi connectivity index (χ0) is 25.8. The van der Waals surface area contributed by atoms with Crippen LogP contribution < -0.4 is 5.32 Å². The lowest BCUT2D eigenvalue weighted by Gasteiger charge is -2.63. The van der Waals surface area contributed by atoms with Crippen LogP contribution in [-0.4, -0.2) is 64.8 Å². The summed E-state index contributed by atoms with van der Waals surface area (Å²) in [6.07, 6.45) is 5.58. The van der Waals surface area contributed by atoms with Gasteiger partial charge in [0.1, 0.15) is 0 Å². The van der Waals surface area contributed by atoms with Crippen molar-refractivity contribution >= 4 is 16.0 Å². The Hall–Kier alpha value is -0.740. The first-order valence-electron chi connectivity index (χ1n) is 13.5. The van der Waals surface area contributed by atoms with Gasteiger partial charge in [-0.2, -0.15) is 0 Å². The summed E-state index contributed by atoms with van der Waals surface area (Å²) in [4.78, 5) is 12.2. The topological polar surface area (TPSA) is 147 Å². The molecule has 11 atom stereocenters. The largest absolute Gasteiger partial charge is 0.748 e. The molecular weight excluding hydrogens is 470 g/mol. The number of hydrogen-bond donors (Lipinski definition) is 4. The lowest BCUT2D eigenvalue weighted by atomic mass is 9.43. The number of nitrogens with one attached hydrogen (secondary N) is 1. The highest BCUT2D eigenvalue weighted by Crippen LogP contribution is 2.68. The Morgan fingerprint density at radius 3 is 2.49 bits per heavy atom. The highest BCUT2D eigenvalue weighted by molar-refractivity contribution is 7.85. The van der Waals surface area contributed by atoms with Gasteiger partial charge >= 0.3 is 0 Å². The molecule has 8 nitrogen and oxygen atoms in total. The first kappa shape index (κ1) is 27.3. The van der Waals surface area contributed by atoms with E-state index in [4.69, 9.17) is 0 Å². The van der Waals surface area contributed by atoms with Crippen LogP contribution in [0.2, 0.25) is 0 Å². The molecule has 4 aliphatic carbocycles. The molecule has 0 radical (unpaired) electrons. The molecule has 0 saturated heterocycles. The number of carbonyl (C=O) groups excluding carboxylic acids is 1. The summed E-state index contributed by atoms with van der Waals surface area (Å²) in [5.74, 6) is 0.522. The van der Waals surface area contributed by atoms with Crippen LogP contribution in [-0.2, 0) is 14.9 Å². The summed E-state index contributed by atoms with van der Waals surface area (Å²) in [5, 5.41) is 35.7. The molecular formula is C26H44NO7S-. The minimum absolute atomic E-state index is 0.0464. The van der Waals surface area contributed by atoms with Crippen LogP contribution >= 0.6 is 0 Å². The Morgan fingerprint density at radius 2 is 1.80 bits per heavy atom. The van der Waals surface area contributed by atoms with Crippen LogP contribution in [0.4, 0.5) is 0 Å². The van der Waals surface area contributed by atoms with Crippen molar-refractivity contribution < 1.29 is 33.1 Å². The zero-order valence-corrected chi connectivity index (χ0v) is 22.2. The van der Waals surface area contributed by atoms with Crippen LogP contribution in [0.15, 0.2) is 0 Å². The van der Waals surface area contributed by atoms with E-state index in [1.54, 1.807) is 0 Å². The van der Waals surface area contributed by atoms with E-state index in [1.807, 2.05) is 0 Å². The van der Waals surface area contributed by atoms with Gasteiger partial charge in [0.15, 0.2) is 0 Å². The predicted octanol–water partition coefficient (Wildman–Crippen LogP) is 2.03. The molecule has 1 amide bonds. The molecule has 35 heavy (non-hydrogen) atoms. The number of aliphatic hydroxyl groups is 3. The highest BCUT2D eigenvalue weighted by atomic mass is 32.2. The fourth-order valence-electron chi connectivity index (χ4n) is 9.10. The third-order valence-electron chi connectivity index (χ3n) is 11.0. The van der Waals surface area contributed by atoms with Crippen molar-refractivity contribution in [3.8, 4) is 0 Å². The number of aliphatic hydroxyl groups excluding tert-OH is 3. The third kappa shape index (κ3) is 5.05. The third-order valence-corrected chi connectivity index (χ3v) is 11.7. The van der Waals surface area contributed by atoms with Crippen LogP contribution in [0.1, 0.15) is 78.6 Å². The average Bonchev–Trinajstić information content (AvgIpc) is 3.12. The van der Waals surface area contributed by atoms with E-state index in [1.165, 1.54) is 0 Å². The molecule has 0 aromatic rings. The second kappa shape index (κ2) is 9.86. The minimum Gasteiger partial charge on any atom is -0.748 e. The zero-order valence-electron chi connectivity index (χ0n) is 21.4. The number of fused-ring (bicyclic) bond motifs is 5. The van der Waals surface area contributed by atoms with E-state index in [9.17, 15) is 33.1 Å². The van der Waals surface area contributed by atoms with Crippen molar-refractivity contribution in [3.05, 3.63) is 0 Å². The number of amides is 1. The molecule has 202 valence electrons. The van der Waals surface area contributed by atoms with Gasteiger partial charge in [-0.15, -0.1) is 0 Å². The first-order chi connectivity index (χ1) is 16.3. The average molecular weight is 515 g/mol. The summed E-state index contributed by atoms with van der Waals surface area (Å²) in [7, 11) is -4.35. The van der Waals surface area contributed by atoms with Gasteiger partial charge in [0, 0.05) is 13.0 Å². The molecule has 0 aliphatic heterocycles. The van der Waals surface area contributed by atoms with Gasteiger partial charge in [-0.1, -0.05) is 20.8 Å². The second-order valence-electron chi connectivity index (χ2n) is 12.7. The molecule has 4 fully saturated rings. The van der Waals surface area contributed by atoms with Crippen molar-refractivity contribution in [2.24, 2.45) is 46.3 Å². The van der Waals surface area contributed by atoms with Crippen molar-refractivity contribution in [3.63, 3.8) is 0 Å². The summed E-state index contributed by atoms with van der Waals surface area (Å²) < 4.78 is 32.2. The second-order valence-corrected chi connectivity index (χ2v) is 14.2. The van der Waals surface area contributed by atoms with Gasteiger partial charge in [0.25, 0.3) is 0 Å². The SMILES string of the molecule is CC(CCC(=O)NCCS(=O)(=O)[O-])[C@H]1CCC2C3C(C[C@H](O)[C@@]21C)[C@@]1(C)CC[C@@H](O)CC1C[C@@H]3O. The van der Waals surface area contributed by atoms with Crippen molar-refractivity contribution in [2.45, 2.75) is 96.9 Å². The lowest BCUT2D eigenvalue weighted by molar-refractivity contribution is -0.207. The fourth-order valence-corrected chi connectivity index (χ4v) is 9.45. The maximum absolute atomic E-state index is 12.2. The van der Waals surface area contributed by atoms with Gasteiger partial charge < -0.3 is 25.2 Å². The monoisotopic (exact) mass is 514 g/mol. The number of carbonyl (C=O) groups is 1. The van der Waals surface area contributed by atoms with E-state index in [0.29, 0.717) is 18.8 Å².